The van der Waals surface area contributed by atoms with Gasteiger partial charge in [0, 0.05) is 11.7 Å². The molecule has 162 valence electrons. The third-order valence-corrected chi connectivity index (χ3v) is 8.08. The van der Waals surface area contributed by atoms with Crippen LogP contribution in [0.3, 0.4) is 0 Å². The summed E-state index contributed by atoms with van der Waals surface area (Å²) < 4.78 is 28.3. The number of hydrogen-bond acceptors (Lipinski definition) is 4. The molecule has 0 aliphatic heterocycles. The first-order chi connectivity index (χ1) is 14.4. The lowest BCUT2D eigenvalue weighted by Crippen LogP contribution is -2.36. The number of aryl methyl sites for hydroxylation is 2. The summed E-state index contributed by atoms with van der Waals surface area (Å²) >= 11 is 0. The summed E-state index contributed by atoms with van der Waals surface area (Å²) in [7, 11) is -3.83. The van der Waals surface area contributed by atoms with Gasteiger partial charge in [0.05, 0.1) is 11.7 Å². The molecule has 30 heavy (non-hydrogen) atoms. The van der Waals surface area contributed by atoms with Crippen LogP contribution in [0.25, 0.3) is 0 Å². The fourth-order valence-corrected chi connectivity index (χ4v) is 6.38. The zero-order valence-corrected chi connectivity index (χ0v) is 18.7. The van der Waals surface area contributed by atoms with Crippen molar-refractivity contribution in [2.24, 2.45) is 0 Å². The van der Waals surface area contributed by atoms with E-state index in [9.17, 15) is 13.2 Å². The number of sulfone groups is 1. The third-order valence-electron chi connectivity index (χ3n) is 6.60. The number of benzene rings is 1. The summed E-state index contributed by atoms with van der Waals surface area (Å²) in [5, 5.41) is 3.03. The van der Waals surface area contributed by atoms with Gasteiger partial charge in [0.1, 0.15) is 5.75 Å². The summed E-state index contributed by atoms with van der Waals surface area (Å²) in [5.74, 6) is -1.01. The number of hydrogen-bond donors (Lipinski definition) is 1. The van der Waals surface area contributed by atoms with Crippen LogP contribution in [0, 0.1) is 13.8 Å². The quantitative estimate of drug-likeness (QED) is 0.780. The predicted octanol–water partition coefficient (Wildman–Crippen LogP) is 3.97. The second-order valence-corrected chi connectivity index (χ2v) is 10.6. The van der Waals surface area contributed by atoms with Gasteiger partial charge in [-0.2, -0.15) is 0 Å². The summed E-state index contributed by atoms with van der Waals surface area (Å²) in [4.78, 5) is 17.1. The monoisotopic (exact) mass is 429 g/mol. The zero-order valence-electron chi connectivity index (χ0n) is 17.9. The van der Waals surface area contributed by atoms with Gasteiger partial charge in [-0.25, -0.2) is 13.4 Å². The maximum atomic E-state index is 13.2. The maximum absolute atomic E-state index is 13.2. The molecule has 4 rings (SSSR count). The van der Waals surface area contributed by atoms with Gasteiger partial charge in [0.15, 0.2) is 0 Å². The Bertz CT molecular complexity index is 1040. The fraction of sp³-hybridized carbons (Fsp3) is 0.565. The van der Waals surface area contributed by atoms with Crippen molar-refractivity contribution in [2.75, 3.05) is 5.75 Å². The van der Waals surface area contributed by atoms with Crippen LogP contribution in [0.1, 0.15) is 79.5 Å². The van der Waals surface area contributed by atoms with Crippen LogP contribution < -0.4 is 5.32 Å². The first-order valence-electron chi connectivity index (χ1n) is 11.0. The zero-order chi connectivity index (χ0) is 21.3. The lowest BCUT2D eigenvalue weighted by atomic mass is 9.88. The van der Waals surface area contributed by atoms with Crippen molar-refractivity contribution in [3.8, 4) is 0 Å². The van der Waals surface area contributed by atoms with Crippen molar-refractivity contribution in [3.05, 3.63) is 46.8 Å². The molecule has 2 aliphatic carbocycles. The molecule has 0 bridgehead atoms. The van der Waals surface area contributed by atoms with Crippen molar-refractivity contribution >= 4 is 15.7 Å². The number of carbonyl (C=O) groups is 1. The van der Waals surface area contributed by atoms with Crippen LogP contribution >= 0.6 is 0 Å². The van der Waals surface area contributed by atoms with Crippen LogP contribution in [-0.2, 0) is 21.1 Å². The van der Waals surface area contributed by atoms with E-state index < -0.39 is 21.5 Å². The average Bonchev–Trinajstić information content (AvgIpc) is 3.04. The standard InChI is InChI=1S/C23H31N3O3S/c1-16-17(2)26(19-11-4-3-5-12-19)23(24-16)30(28,29)15-22(27)25-21-14-8-10-18-9-6-7-13-20(18)21/h6-7,9,13,19,21H,3-5,8,10-12,14-15H2,1-2H3,(H,25,27). The van der Waals surface area contributed by atoms with Crippen LogP contribution in [-0.4, -0.2) is 29.6 Å². The Morgan fingerprint density at radius 1 is 1.10 bits per heavy atom. The van der Waals surface area contributed by atoms with E-state index in [0.717, 1.165) is 61.9 Å². The molecule has 2 aliphatic rings. The Balaban J connectivity index is 1.54. The Hall–Kier alpha value is -2.15. The van der Waals surface area contributed by atoms with Crippen LogP contribution in [0.4, 0.5) is 0 Å². The van der Waals surface area contributed by atoms with Gasteiger partial charge in [0.2, 0.25) is 20.9 Å². The van der Waals surface area contributed by atoms with E-state index in [0.29, 0.717) is 0 Å². The molecule has 0 radical (unpaired) electrons. The van der Waals surface area contributed by atoms with Gasteiger partial charge in [-0.15, -0.1) is 0 Å². The smallest absolute Gasteiger partial charge is 0.236 e. The lowest BCUT2D eigenvalue weighted by Gasteiger charge is -2.27. The first kappa shape index (κ1) is 21.1. The highest BCUT2D eigenvalue weighted by Crippen LogP contribution is 2.33. The minimum atomic E-state index is -3.83. The van der Waals surface area contributed by atoms with E-state index in [1.165, 1.54) is 12.0 Å². The molecule has 0 spiro atoms. The Morgan fingerprint density at radius 2 is 1.83 bits per heavy atom. The van der Waals surface area contributed by atoms with E-state index in [2.05, 4.69) is 16.4 Å². The number of carbonyl (C=O) groups excluding carboxylic acids is 1. The highest BCUT2D eigenvalue weighted by molar-refractivity contribution is 7.92. The van der Waals surface area contributed by atoms with Gasteiger partial charge in [-0.05, 0) is 57.1 Å². The van der Waals surface area contributed by atoms with E-state index in [-0.39, 0.29) is 17.2 Å². The second kappa shape index (κ2) is 8.53. The van der Waals surface area contributed by atoms with Crippen molar-refractivity contribution < 1.29 is 13.2 Å². The molecule has 6 nitrogen and oxygen atoms in total. The number of amides is 1. The van der Waals surface area contributed by atoms with Crippen LogP contribution in [0.5, 0.6) is 0 Å². The molecular weight excluding hydrogens is 398 g/mol. The third kappa shape index (κ3) is 4.17. The Kier molecular flexibility index (Phi) is 6.00. The van der Waals surface area contributed by atoms with E-state index >= 15 is 0 Å². The second-order valence-electron chi connectivity index (χ2n) is 8.70. The fourth-order valence-electron chi connectivity index (χ4n) is 4.96. The molecule has 1 saturated carbocycles. The maximum Gasteiger partial charge on any atom is 0.236 e. The van der Waals surface area contributed by atoms with Gasteiger partial charge in [-0.3, -0.25) is 4.79 Å². The van der Waals surface area contributed by atoms with Crippen molar-refractivity contribution in [2.45, 2.75) is 82.5 Å². The van der Waals surface area contributed by atoms with Crippen molar-refractivity contribution in [1.82, 2.24) is 14.9 Å². The molecule has 1 amide bonds. The van der Waals surface area contributed by atoms with E-state index in [1.807, 2.05) is 36.6 Å². The Morgan fingerprint density at radius 3 is 2.60 bits per heavy atom. The lowest BCUT2D eigenvalue weighted by molar-refractivity contribution is -0.119. The van der Waals surface area contributed by atoms with Crippen molar-refractivity contribution in [3.63, 3.8) is 0 Å². The highest BCUT2D eigenvalue weighted by Gasteiger charge is 2.32. The number of imidazole rings is 1. The van der Waals surface area contributed by atoms with Gasteiger partial charge in [-0.1, -0.05) is 43.5 Å². The molecule has 1 atom stereocenters. The minimum Gasteiger partial charge on any atom is -0.348 e. The number of nitrogens with zero attached hydrogens (tertiary/aromatic N) is 2. The summed E-state index contributed by atoms with van der Waals surface area (Å²) in [5.41, 5.74) is 3.95. The van der Waals surface area contributed by atoms with Gasteiger partial charge >= 0.3 is 0 Å². The molecule has 1 aromatic heterocycles. The molecule has 0 saturated heterocycles. The molecule has 1 aromatic carbocycles. The van der Waals surface area contributed by atoms with E-state index in [1.54, 1.807) is 0 Å². The summed E-state index contributed by atoms with van der Waals surface area (Å²) in [6.45, 7) is 3.77. The molecular formula is C23H31N3O3S. The molecule has 1 fully saturated rings. The predicted molar refractivity (Wildman–Crippen MR) is 116 cm³/mol. The number of aromatic nitrogens is 2. The number of fused-ring (bicyclic) bond motifs is 1. The van der Waals surface area contributed by atoms with Gasteiger partial charge in [0.25, 0.3) is 0 Å². The summed E-state index contributed by atoms with van der Waals surface area (Å²) in [6.07, 6.45) is 8.13. The normalized spacial score (nSPS) is 20.0. The Labute approximate surface area is 179 Å². The minimum absolute atomic E-state index is 0.0589. The first-order valence-corrected chi connectivity index (χ1v) is 12.7. The number of nitrogens with one attached hydrogen (secondary N) is 1. The molecule has 2 aromatic rings. The molecule has 1 heterocycles. The average molecular weight is 430 g/mol. The van der Waals surface area contributed by atoms with Crippen molar-refractivity contribution in [1.29, 1.82) is 0 Å². The van der Waals surface area contributed by atoms with Gasteiger partial charge < -0.3 is 9.88 Å². The highest BCUT2D eigenvalue weighted by atomic mass is 32.2. The topological polar surface area (TPSA) is 81.1 Å². The van der Waals surface area contributed by atoms with E-state index in [4.69, 9.17) is 0 Å². The molecule has 1 N–H and O–H groups in total. The molecule has 1 unspecified atom stereocenters. The SMILES string of the molecule is Cc1nc(S(=O)(=O)CC(=O)NC2CCCc3ccccc32)n(C2CCCCC2)c1C. The van der Waals surface area contributed by atoms with Crippen LogP contribution in [0.15, 0.2) is 29.4 Å². The summed E-state index contributed by atoms with van der Waals surface area (Å²) in [6, 6.07) is 8.10. The van der Waals surface area contributed by atoms with Crippen LogP contribution in [0.2, 0.25) is 0 Å². The number of rotatable bonds is 5. The largest absolute Gasteiger partial charge is 0.348 e. The molecule has 7 heteroatoms.